The molecular weight excluding hydrogens is 266 g/mol. The van der Waals surface area contributed by atoms with Crippen LogP contribution < -0.4 is 17.0 Å². The van der Waals surface area contributed by atoms with Crippen LogP contribution in [0.5, 0.6) is 0 Å². The molecule has 5 N–H and O–H groups in total. The van der Waals surface area contributed by atoms with Gasteiger partial charge in [0.1, 0.15) is 0 Å². The molecule has 0 fully saturated rings. The van der Waals surface area contributed by atoms with Crippen molar-refractivity contribution >= 4 is 21.6 Å². The first-order valence-electron chi connectivity index (χ1n) is 5.70. The van der Waals surface area contributed by atoms with E-state index in [1.165, 1.54) is 12.8 Å². The molecule has 1 aromatic carbocycles. The second-order valence-electron chi connectivity index (χ2n) is 3.99. The Labute approximate surface area is 106 Å². The van der Waals surface area contributed by atoms with Gasteiger partial charge in [-0.3, -0.25) is 11.3 Å². The lowest BCUT2D eigenvalue weighted by atomic mass is 9.99. The lowest BCUT2D eigenvalue weighted by Gasteiger charge is -2.18. The number of nitrogen functional groups attached to an aromatic ring is 1. The van der Waals surface area contributed by atoms with Gasteiger partial charge in [-0.1, -0.05) is 42.1 Å². The Bertz CT molecular complexity index is 328. The predicted molar refractivity (Wildman–Crippen MR) is 72.8 cm³/mol. The highest BCUT2D eigenvalue weighted by molar-refractivity contribution is 9.10. The summed E-state index contributed by atoms with van der Waals surface area (Å²) in [7, 11) is 0. The maximum Gasteiger partial charge on any atom is 0.0480 e. The van der Waals surface area contributed by atoms with Crippen LogP contribution in [0.1, 0.15) is 44.2 Å². The number of hydrogen-bond acceptors (Lipinski definition) is 3. The van der Waals surface area contributed by atoms with Crippen molar-refractivity contribution in [3.63, 3.8) is 0 Å². The van der Waals surface area contributed by atoms with Crippen LogP contribution in [-0.4, -0.2) is 0 Å². The number of nitrogens with two attached hydrogens (primary N) is 2. The average molecular weight is 286 g/mol. The summed E-state index contributed by atoms with van der Waals surface area (Å²) in [6.07, 6.45) is 4.62. The smallest absolute Gasteiger partial charge is 0.0480 e. The zero-order valence-electron chi connectivity index (χ0n) is 9.67. The van der Waals surface area contributed by atoms with Crippen LogP contribution in [0.2, 0.25) is 0 Å². The van der Waals surface area contributed by atoms with E-state index in [2.05, 4.69) is 28.3 Å². The van der Waals surface area contributed by atoms with E-state index in [1.807, 2.05) is 18.2 Å². The summed E-state index contributed by atoms with van der Waals surface area (Å²) in [4.78, 5) is 0. The Balaban J connectivity index is 2.73. The molecule has 0 saturated carbocycles. The van der Waals surface area contributed by atoms with Gasteiger partial charge >= 0.3 is 0 Å². The lowest BCUT2D eigenvalue weighted by Crippen LogP contribution is -2.28. The fourth-order valence-corrected chi connectivity index (χ4v) is 2.15. The largest absolute Gasteiger partial charge is 0.398 e. The van der Waals surface area contributed by atoms with Crippen LogP contribution in [0.3, 0.4) is 0 Å². The van der Waals surface area contributed by atoms with E-state index in [9.17, 15) is 0 Å². The molecule has 0 aliphatic rings. The van der Waals surface area contributed by atoms with Gasteiger partial charge in [0.15, 0.2) is 0 Å². The molecule has 3 nitrogen and oxygen atoms in total. The van der Waals surface area contributed by atoms with E-state index >= 15 is 0 Å². The molecule has 0 bridgehead atoms. The number of benzene rings is 1. The Morgan fingerprint density at radius 3 is 2.75 bits per heavy atom. The quantitative estimate of drug-likeness (QED) is 0.326. The summed E-state index contributed by atoms with van der Waals surface area (Å²) in [5.74, 6) is 5.59. The monoisotopic (exact) mass is 285 g/mol. The standard InChI is InChI=1S/C12H20BrN3/c1-2-3-4-5-12(16-15)10-8-9(13)6-7-11(10)14/h6-8,12,16H,2-5,14-15H2,1H3. The van der Waals surface area contributed by atoms with E-state index < -0.39 is 0 Å². The molecule has 0 saturated heterocycles. The van der Waals surface area contributed by atoms with Crippen LogP contribution in [0.25, 0.3) is 0 Å². The van der Waals surface area contributed by atoms with Gasteiger partial charge in [-0.05, 0) is 30.2 Å². The molecule has 90 valence electrons. The molecule has 0 heterocycles. The van der Waals surface area contributed by atoms with Crippen molar-refractivity contribution in [3.8, 4) is 0 Å². The second-order valence-corrected chi connectivity index (χ2v) is 4.90. The van der Waals surface area contributed by atoms with Crippen molar-refractivity contribution in [1.29, 1.82) is 0 Å². The van der Waals surface area contributed by atoms with Gasteiger partial charge in [0.25, 0.3) is 0 Å². The van der Waals surface area contributed by atoms with Gasteiger partial charge in [0.2, 0.25) is 0 Å². The number of anilines is 1. The molecular formula is C12H20BrN3. The summed E-state index contributed by atoms with van der Waals surface area (Å²) in [5.41, 5.74) is 10.7. The van der Waals surface area contributed by atoms with Crippen LogP contribution in [0.4, 0.5) is 5.69 Å². The molecule has 0 spiro atoms. The highest BCUT2D eigenvalue weighted by Crippen LogP contribution is 2.27. The highest BCUT2D eigenvalue weighted by Gasteiger charge is 2.12. The minimum absolute atomic E-state index is 0.143. The van der Waals surface area contributed by atoms with Crippen LogP contribution >= 0.6 is 15.9 Å². The third kappa shape index (κ3) is 3.77. The minimum atomic E-state index is 0.143. The molecule has 1 atom stereocenters. The Hall–Kier alpha value is -0.580. The minimum Gasteiger partial charge on any atom is -0.398 e. The SMILES string of the molecule is CCCCCC(NN)c1cc(Br)ccc1N. The summed E-state index contributed by atoms with van der Waals surface area (Å²) in [6, 6.07) is 6.03. The average Bonchev–Trinajstić information content (AvgIpc) is 2.28. The number of hydrogen-bond donors (Lipinski definition) is 3. The van der Waals surface area contributed by atoms with Crippen molar-refractivity contribution in [2.45, 2.75) is 38.6 Å². The molecule has 4 heteroatoms. The molecule has 1 unspecified atom stereocenters. The van der Waals surface area contributed by atoms with Gasteiger partial charge in [0, 0.05) is 16.2 Å². The number of halogens is 1. The topological polar surface area (TPSA) is 64.1 Å². The van der Waals surface area contributed by atoms with Crippen LogP contribution in [0, 0.1) is 0 Å². The summed E-state index contributed by atoms with van der Waals surface area (Å²) in [6.45, 7) is 2.19. The lowest BCUT2D eigenvalue weighted by molar-refractivity contribution is 0.488. The number of rotatable bonds is 6. The van der Waals surface area contributed by atoms with Crippen molar-refractivity contribution in [1.82, 2.24) is 5.43 Å². The van der Waals surface area contributed by atoms with Gasteiger partial charge in [-0.15, -0.1) is 0 Å². The molecule has 0 amide bonds. The van der Waals surface area contributed by atoms with E-state index in [0.29, 0.717) is 0 Å². The van der Waals surface area contributed by atoms with Gasteiger partial charge in [-0.25, -0.2) is 0 Å². The first-order valence-corrected chi connectivity index (χ1v) is 6.49. The molecule has 0 aromatic heterocycles. The Kier molecular flexibility index (Phi) is 5.80. The molecule has 0 radical (unpaired) electrons. The van der Waals surface area contributed by atoms with Gasteiger partial charge < -0.3 is 5.73 Å². The van der Waals surface area contributed by atoms with Crippen molar-refractivity contribution < 1.29 is 0 Å². The normalized spacial score (nSPS) is 12.7. The fourth-order valence-electron chi connectivity index (χ4n) is 1.77. The van der Waals surface area contributed by atoms with Crippen molar-refractivity contribution in [3.05, 3.63) is 28.2 Å². The van der Waals surface area contributed by atoms with E-state index in [0.717, 1.165) is 28.6 Å². The van der Waals surface area contributed by atoms with E-state index in [-0.39, 0.29) is 6.04 Å². The maximum atomic E-state index is 5.95. The molecule has 16 heavy (non-hydrogen) atoms. The number of nitrogens with one attached hydrogen (secondary N) is 1. The van der Waals surface area contributed by atoms with Gasteiger partial charge in [0.05, 0.1) is 0 Å². The van der Waals surface area contributed by atoms with Crippen molar-refractivity contribution in [2.24, 2.45) is 5.84 Å². The summed E-state index contributed by atoms with van der Waals surface area (Å²) in [5, 5.41) is 0. The fraction of sp³-hybridized carbons (Fsp3) is 0.500. The zero-order valence-corrected chi connectivity index (χ0v) is 11.3. The van der Waals surface area contributed by atoms with Crippen LogP contribution in [0.15, 0.2) is 22.7 Å². The first-order chi connectivity index (χ1) is 7.69. The molecule has 0 aliphatic heterocycles. The molecule has 1 rings (SSSR count). The van der Waals surface area contributed by atoms with Crippen LogP contribution in [-0.2, 0) is 0 Å². The maximum absolute atomic E-state index is 5.95. The number of hydrazine groups is 1. The third-order valence-electron chi connectivity index (χ3n) is 2.72. The highest BCUT2D eigenvalue weighted by atomic mass is 79.9. The Morgan fingerprint density at radius 2 is 2.12 bits per heavy atom. The Morgan fingerprint density at radius 1 is 1.38 bits per heavy atom. The van der Waals surface area contributed by atoms with Gasteiger partial charge in [-0.2, -0.15) is 0 Å². The summed E-state index contributed by atoms with van der Waals surface area (Å²) >= 11 is 3.45. The van der Waals surface area contributed by atoms with E-state index in [1.54, 1.807) is 0 Å². The first kappa shape index (κ1) is 13.5. The van der Waals surface area contributed by atoms with Crippen molar-refractivity contribution in [2.75, 3.05) is 5.73 Å². The molecule has 1 aromatic rings. The molecule has 0 aliphatic carbocycles. The summed E-state index contributed by atoms with van der Waals surface area (Å²) < 4.78 is 1.03. The second kappa shape index (κ2) is 6.89. The predicted octanol–water partition coefficient (Wildman–Crippen LogP) is 3.12. The van der Waals surface area contributed by atoms with E-state index in [4.69, 9.17) is 11.6 Å². The zero-order chi connectivity index (χ0) is 12.0. The number of unbranched alkanes of at least 4 members (excludes halogenated alkanes) is 2. The third-order valence-corrected chi connectivity index (χ3v) is 3.22.